The molecule has 2 amide bonds. The second-order valence-corrected chi connectivity index (χ2v) is 7.84. The Morgan fingerprint density at radius 1 is 1.26 bits per heavy atom. The third kappa shape index (κ3) is 5.37. The van der Waals surface area contributed by atoms with Crippen molar-refractivity contribution in [2.75, 3.05) is 27.4 Å². The van der Waals surface area contributed by atoms with Gasteiger partial charge in [0.2, 0.25) is 6.79 Å². The number of carbonyl (C=O) groups excluding carboxylic acids is 1. The molecule has 1 aromatic carbocycles. The quantitative estimate of drug-likeness (QED) is 0.729. The van der Waals surface area contributed by atoms with Crippen LogP contribution in [0.3, 0.4) is 0 Å². The third-order valence-electron chi connectivity index (χ3n) is 4.66. The molecule has 6 nitrogen and oxygen atoms in total. The first kappa shape index (κ1) is 19.5. The smallest absolute Gasteiger partial charge is 0.315 e. The molecule has 146 valence electrons. The predicted octanol–water partition coefficient (Wildman–Crippen LogP) is 2.88. The Balaban J connectivity index is 1.51. The second-order valence-electron chi connectivity index (χ2n) is 7.06. The van der Waals surface area contributed by atoms with Gasteiger partial charge in [0.1, 0.15) is 0 Å². The lowest BCUT2D eigenvalue weighted by molar-refractivity contribution is 0.172. The molecule has 3 rings (SSSR count). The van der Waals surface area contributed by atoms with E-state index in [1.54, 1.807) is 11.3 Å². The van der Waals surface area contributed by atoms with Crippen molar-refractivity contribution in [2.45, 2.75) is 31.8 Å². The van der Waals surface area contributed by atoms with Gasteiger partial charge in [-0.2, -0.15) is 11.3 Å². The van der Waals surface area contributed by atoms with Crippen LogP contribution in [0.2, 0.25) is 0 Å². The number of ether oxygens (including phenoxy) is 2. The zero-order chi connectivity index (χ0) is 19.2. The number of benzene rings is 1. The van der Waals surface area contributed by atoms with Gasteiger partial charge in [-0.05, 0) is 67.9 Å². The number of nitrogens with zero attached hydrogens (tertiary/aromatic N) is 1. The Hall–Kier alpha value is -2.25. The standard InChI is InChI=1S/C20H27N3O3S/c1-14(9-15-7-8-27-12-15)22-20(24)21-11-17(23(2)3)10-16-5-4-6-18-19(16)26-13-25-18/h4-8,12,14,17H,9-11,13H2,1-3H3,(H2,21,22,24)/t14-,17-/m0/s1. The van der Waals surface area contributed by atoms with E-state index in [4.69, 9.17) is 9.47 Å². The molecule has 2 heterocycles. The minimum absolute atomic E-state index is 0.0837. The van der Waals surface area contributed by atoms with Crippen LogP contribution in [0.1, 0.15) is 18.1 Å². The van der Waals surface area contributed by atoms with Crippen molar-refractivity contribution in [1.29, 1.82) is 0 Å². The second kappa shape index (κ2) is 9.10. The summed E-state index contributed by atoms with van der Waals surface area (Å²) in [7, 11) is 4.04. The highest BCUT2D eigenvalue weighted by Crippen LogP contribution is 2.36. The number of thiophene rings is 1. The summed E-state index contributed by atoms with van der Waals surface area (Å²) < 4.78 is 11.1. The van der Waals surface area contributed by atoms with Gasteiger partial charge in [0, 0.05) is 18.6 Å². The third-order valence-corrected chi connectivity index (χ3v) is 5.39. The van der Waals surface area contributed by atoms with Gasteiger partial charge in [-0.25, -0.2) is 4.79 Å². The van der Waals surface area contributed by atoms with Crippen LogP contribution in [0.15, 0.2) is 35.0 Å². The van der Waals surface area contributed by atoms with Crippen molar-refractivity contribution < 1.29 is 14.3 Å². The SMILES string of the molecule is C[C@@H](Cc1ccsc1)NC(=O)NC[C@H](Cc1cccc2c1OCO2)N(C)C. The van der Waals surface area contributed by atoms with Crippen molar-refractivity contribution >= 4 is 17.4 Å². The molecule has 1 aliphatic heterocycles. The van der Waals surface area contributed by atoms with Crippen molar-refractivity contribution in [1.82, 2.24) is 15.5 Å². The summed E-state index contributed by atoms with van der Waals surface area (Å²) in [6.45, 7) is 2.83. The maximum Gasteiger partial charge on any atom is 0.315 e. The molecule has 27 heavy (non-hydrogen) atoms. The minimum Gasteiger partial charge on any atom is -0.454 e. The lowest BCUT2D eigenvalue weighted by Gasteiger charge is -2.25. The first-order chi connectivity index (χ1) is 13.0. The normalized spacial score (nSPS) is 14.8. The fourth-order valence-electron chi connectivity index (χ4n) is 3.14. The highest BCUT2D eigenvalue weighted by atomic mass is 32.1. The molecule has 0 radical (unpaired) electrons. The van der Waals surface area contributed by atoms with Crippen LogP contribution in [-0.4, -0.2) is 50.4 Å². The largest absolute Gasteiger partial charge is 0.454 e. The molecule has 1 aliphatic rings. The van der Waals surface area contributed by atoms with Gasteiger partial charge < -0.3 is 25.0 Å². The van der Waals surface area contributed by atoms with E-state index >= 15 is 0 Å². The number of rotatable bonds is 8. The van der Waals surface area contributed by atoms with Gasteiger partial charge >= 0.3 is 6.03 Å². The highest BCUT2D eigenvalue weighted by molar-refractivity contribution is 7.07. The Kier molecular flexibility index (Phi) is 6.58. The molecule has 0 unspecified atom stereocenters. The Labute approximate surface area is 164 Å². The number of hydrogen-bond acceptors (Lipinski definition) is 5. The fraction of sp³-hybridized carbons (Fsp3) is 0.450. The molecule has 0 spiro atoms. The topological polar surface area (TPSA) is 62.8 Å². The molecule has 2 atom stereocenters. The Bertz CT molecular complexity index is 749. The molecule has 0 aliphatic carbocycles. The van der Waals surface area contributed by atoms with Crippen LogP contribution in [0.4, 0.5) is 4.79 Å². The van der Waals surface area contributed by atoms with E-state index in [1.807, 2.05) is 39.2 Å². The summed E-state index contributed by atoms with van der Waals surface area (Å²) in [4.78, 5) is 14.4. The van der Waals surface area contributed by atoms with Gasteiger partial charge in [-0.15, -0.1) is 0 Å². The number of nitrogens with one attached hydrogen (secondary N) is 2. The number of carbonyl (C=O) groups is 1. The van der Waals surface area contributed by atoms with E-state index < -0.39 is 0 Å². The fourth-order valence-corrected chi connectivity index (χ4v) is 3.82. The summed E-state index contributed by atoms with van der Waals surface area (Å²) in [6, 6.07) is 8.13. The van der Waals surface area contributed by atoms with Crippen LogP contribution < -0.4 is 20.1 Å². The van der Waals surface area contributed by atoms with Crippen LogP contribution >= 0.6 is 11.3 Å². The average Bonchev–Trinajstić information content (AvgIpc) is 3.29. The molecular formula is C20H27N3O3S. The molecule has 0 fully saturated rings. The molecule has 1 aromatic heterocycles. The van der Waals surface area contributed by atoms with E-state index in [1.165, 1.54) is 5.56 Å². The van der Waals surface area contributed by atoms with Crippen LogP contribution in [0.5, 0.6) is 11.5 Å². The number of likely N-dealkylation sites (N-methyl/N-ethyl adjacent to an activating group) is 1. The van der Waals surface area contributed by atoms with Gasteiger partial charge in [-0.3, -0.25) is 0 Å². The van der Waals surface area contributed by atoms with Crippen LogP contribution in [-0.2, 0) is 12.8 Å². The van der Waals surface area contributed by atoms with Gasteiger partial charge in [0.05, 0.1) is 0 Å². The summed E-state index contributed by atoms with van der Waals surface area (Å²) in [5.74, 6) is 1.61. The molecule has 2 aromatic rings. The number of amides is 2. The number of urea groups is 1. The molecule has 7 heteroatoms. The van der Waals surface area contributed by atoms with Gasteiger partial charge in [0.15, 0.2) is 11.5 Å². The molecule has 2 N–H and O–H groups in total. The molecular weight excluding hydrogens is 362 g/mol. The van der Waals surface area contributed by atoms with Crippen molar-refractivity contribution in [2.24, 2.45) is 0 Å². The molecule has 0 saturated carbocycles. The van der Waals surface area contributed by atoms with Crippen molar-refractivity contribution in [3.8, 4) is 11.5 Å². The molecule has 0 saturated heterocycles. The van der Waals surface area contributed by atoms with E-state index in [2.05, 4.69) is 32.4 Å². The van der Waals surface area contributed by atoms with E-state index in [0.29, 0.717) is 6.54 Å². The summed E-state index contributed by atoms with van der Waals surface area (Å²) >= 11 is 1.67. The zero-order valence-corrected chi connectivity index (χ0v) is 16.8. The Morgan fingerprint density at radius 2 is 2.11 bits per heavy atom. The Morgan fingerprint density at radius 3 is 2.85 bits per heavy atom. The van der Waals surface area contributed by atoms with Gasteiger partial charge in [0.25, 0.3) is 0 Å². The monoisotopic (exact) mass is 389 g/mol. The number of para-hydroxylation sites is 1. The summed E-state index contributed by atoms with van der Waals surface area (Å²) in [5.41, 5.74) is 2.34. The van der Waals surface area contributed by atoms with E-state index in [-0.39, 0.29) is 24.9 Å². The summed E-state index contributed by atoms with van der Waals surface area (Å²) in [6.07, 6.45) is 1.60. The number of hydrogen-bond donors (Lipinski definition) is 2. The predicted molar refractivity (Wildman–Crippen MR) is 108 cm³/mol. The lowest BCUT2D eigenvalue weighted by Crippen LogP contribution is -2.47. The first-order valence-electron chi connectivity index (χ1n) is 9.12. The lowest BCUT2D eigenvalue weighted by atomic mass is 10.0. The van der Waals surface area contributed by atoms with Crippen LogP contribution in [0, 0.1) is 0 Å². The number of fused-ring (bicyclic) bond motifs is 1. The van der Waals surface area contributed by atoms with E-state index in [9.17, 15) is 4.79 Å². The zero-order valence-electron chi connectivity index (χ0n) is 16.0. The van der Waals surface area contributed by atoms with E-state index in [0.717, 1.165) is 29.9 Å². The van der Waals surface area contributed by atoms with Gasteiger partial charge in [-0.1, -0.05) is 12.1 Å². The minimum atomic E-state index is -0.137. The maximum absolute atomic E-state index is 12.3. The van der Waals surface area contributed by atoms with Crippen molar-refractivity contribution in [3.05, 3.63) is 46.2 Å². The maximum atomic E-state index is 12.3. The summed E-state index contributed by atoms with van der Waals surface area (Å²) in [5, 5.41) is 10.2. The molecule has 0 bridgehead atoms. The van der Waals surface area contributed by atoms with Crippen LogP contribution in [0.25, 0.3) is 0 Å². The van der Waals surface area contributed by atoms with Crippen molar-refractivity contribution in [3.63, 3.8) is 0 Å². The average molecular weight is 390 g/mol. The highest BCUT2D eigenvalue weighted by Gasteiger charge is 2.21. The first-order valence-corrected chi connectivity index (χ1v) is 10.1.